The third-order valence-corrected chi connectivity index (χ3v) is 9.16. The Morgan fingerprint density at radius 1 is 0.438 bits per heavy atom. The van der Waals surface area contributed by atoms with E-state index in [-0.39, 0.29) is 6.42 Å². The van der Waals surface area contributed by atoms with Gasteiger partial charge in [0, 0.05) is 6.61 Å². The molecule has 4 aliphatic rings. The highest BCUT2D eigenvalue weighted by Crippen LogP contribution is 2.36. The van der Waals surface area contributed by atoms with E-state index < -0.39 is 155 Å². The van der Waals surface area contributed by atoms with Crippen molar-refractivity contribution >= 4 is 0 Å². The van der Waals surface area contributed by atoms with Crippen LogP contribution in [0.1, 0.15) is 20.3 Å². The van der Waals surface area contributed by atoms with Crippen LogP contribution >= 0.6 is 0 Å². The number of hydrogen-bond acceptors (Lipinski definition) is 20. The highest BCUT2D eigenvalue weighted by atomic mass is 16.8. The molecule has 0 bridgehead atoms. The lowest BCUT2D eigenvalue weighted by molar-refractivity contribution is -0.381. The predicted octanol–water partition coefficient (Wildman–Crippen LogP) is -7.65. The fourth-order valence-corrected chi connectivity index (χ4v) is 6.33. The quantitative estimate of drug-likeness (QED) is 0.0896. The monoisotopic (exact) mass is 706 g/mol. The summed E-state index contributed by atoms with van der Waals surface area (Å²) in [5.41, 5.74) is 0. The molecule has 0 spiro atoms. The van der Waals surface area contributed by atoms with Crippen LogP contribution in [-0.2, 0) is 33.2 Å². The van der Waals surface area contributed by atoms with Crippen LogP contribution in [-0.4, -0.2) is 215 Å². The van der Waals surface area contributed by atoms with Crippen molar-refractivity contribution in [2.75, 3.05) is 26.4 Å². The minimum Gasteiger partial charge on any atom is -0.396 e. The van der Waals surface area contributed by atoms with Crippen LogP contribution in [0, 0.1) is 5.92 Å². The first-order chi connectivity index (χ1) is 22.7. The van der Waals surface area contributed by atoms with Gasteiger partial charge in [0.2, 0.25) is 0 Å². The van der Waals surface area contributed by atoms with Crippen molar-refractivity contribution in [1.82, 2.24) is 0 Å². The Balaban J connectivity index is 1.57. The molecule has 4 rings (SSSR count). The van der Waals surface area contributed by atoms with E-state index in [1.165, 1.54) is 0 Å². The van der Waals surface area contributed by atoms with Gasteiger partial charge in [0.25, 0.3) is 0 Å². The van der Waals surface area contributed by atoms with Gasteiger partial charge in [-0.3, -0.25) is 0 Å². The molecule has 0 aromatic carbocycles. The Morgan fingerprint density at radius 2 is 0.875 bits per heavy atom. The van der Waals surface area contributed by atoms with Gasteiger partial charge in [-0.25, -0.2) is 0 Å². The summed E-state index contributed by atoms with van der Waals surface area (Å²) in [5.74, 6) is -0.401. The summed E-state index contributed by atoms with van der Waals surface area (Å²) in [4.78, 5) is 0. The fraction of sp³-hybridized carbons (Fsp3) is 1.00. The van der Waals surface area contributed by atoms with Gasteiger partial charge in [-0.05, 0) is 12.3 Å². The molecule has 282 valence electrons. The van der Waals surface area contributed by atoms with Crippen molar-refractivity contribution in [1.29, 1.82) is 0 Å². The Kier molecular flexibility index (Phi) is 14.3. The number of ether oxygens (including phenoxy) is 7. The Bertz CT molecular complexity index is 975. The van der Waals surface area contributed by atoms with E-state index in [4.69, 9.17) is 33.2 Å². The summed E-state index contributed by atoms with van der Waals surface area (Å²) < 4.78 is 40.0. The number of hydrogen-bond donors (Lipinski definition) is 13. The second kappa shape index (κ2) is 17.1. The first-order valence-electron chi connectivity index (χ1n) is 15.8. The number of aliphatic hydroxyl groups excluding tert-OH is 13. The van der Waals surface area contributed by atoms with E-state index in [2.05, 4.69) is 0 Å². The molecule has 0 saturated carbocycles. The summed E-state index contributed by atoms with van der Waals surface area (Å²) in [6.07, 6.45) is -32.6. The van der Waals surface area contributed by atoms with Gasteiger partial charge < -0.3 is 99.5 Å². The molecule has 0 radical (unpaired) electrons. The van der Waals surface area contributed by atoms with Crippen LogP contribution in [0.2, 0.25) is 0 Å². The molecule has 0 aromatic rings. The first-order valence-corrected chi connectivity index (χ1v) is 15.8. The largest absolute Gasteiger partial charge is 0.396 e. The van der Waals surface area contributed by atoms with Gasteiger partial charge in [0.15, 0.2) is 18.9 Å². The minimum absolute atomic E-state index is 0.228. The van der Waals surface area contributed by atoms with Crippen molar-refractivity contribution in [3.63, 3.8) is 0 Å². The van der Waals surface area contributed by atoms with E-state index in [0.29, 0.717) is 0 Å². The van der Waals surface area contributed by atoms with Gasteiger partial charge in [-0.15, -0.1) is 0 Å². The number of rotatable bonds is 12. The lowest BCUT2D eigenvalue weighted by Crippen LogP contribution is -2.68. The molecule has 0 aliphatic carbocycles. The van der Waals surface area contributed by atoms with Crippen LogP contribution in [0.3, 0.4) is 0 Å². The normalized spacial score (nSPS) is 50.5. The van der Waals surface area contributed by atoms with Crippen molar-refractivity contribution in [2.24, 2.45) is 5.92 Å². The Morgan fingerprint density at radius 3 is 1.33 bits per heavy atom. The summed E-state index contributed by atoms with van der Waals surface area (Å²) in [7, 11) is 0. The maximum Gasteiger partial charge on any atom is 0.187 e. The maximum absolute atomic E-state index is 11.6. The lowest BCUT2D eigenvalue weighted by atomic mass is 9.88. The topological polar surface area (TPSA) is 328 Å². The third-order valence-electron chi connectivity index (χ3n) is 9.16. The summed E-state index contributed by atoms with van der Waals surface area (Å²) in [6.45, 7) is 0.628. The zero-order valence-corrected chi connectivity index (χ0v) is 26.3. The summed E-state index contributed by atoms with van der Waals surface area (Å²) in [5, 5.41) is 134. The van der Waals surface area contributed by atoms with Crippen molar-refractivity contribution in [3.05, 3.63) is 0 Å². The molecule has 4 aliphatic heterocycles. The van der Waals surface area contributed by atoms with E-state index in [1.807, 2.05) is 0 Å². The lowest BCUT2D eigenvalue weighted by Gasteiger charge is -2.50. The molecular formula is C28H50O20. The van der Waals surface area contributed by atoms with Gasteiger partial charge in [-0.2, -0.15) is 0 Å². The second-order valence-electron chi connectivity index (χ2n) is 12.8. The van der Waals surface area contributed by atoms with Crippen LogP contribution in [0.5, 0.6) is 0 Å². The van der Waals surface area contributed by atoms with Gasteiger partial charge >= 0.3 is 0 Å². The molecule has 4 heterocycles. The van der Waals surface area contributed by atoms with Crippen molar-refractivity contribution in [2.45, 2.75) is 143 Å². The standard InChI is InChI=1S/C28H50O20/c1-8(2)22-25(48-27-19(39)17(37)14(34)11(6-31)45-27)20(40)23(12(7-32)42-22)46-28-21(41)24(15(35)9(43-28)3-4-29)47-26-18(38)16(36)13(33)10(5-30)44-26/h8-41H,3-7H2,1-2H3/t9-,10-,11-,12-,13-,14-,15-,16+,17+,18-,19-,20+,21-,22+,23-,24+,25-,26+,27+,28+/m1/s1. The van der Waals surface area contributed by atoms with Crippen LogP contribution in [0.4, 0.5) is 0 Å². The van der Waals surface area contributed by atoms with Crippen LogP contribution in [0.25, 0.3) is 0 Å². The highest BCUT2D eigenvalue weighted by molar-refractivity contribution is 4.99. The molecular weight excluding hydrogens is 656 g/mol. The summed E-state index contributed by atoms with van der Waals surface area (Å²) in [6, 6.07) is 0. The SMILES string of the molecule is CC(C)[C@@H]1O[C@H](CO)[C@@H](O[C@@H]2O[C@H](CCO)[C@@H](O)[C@H](O[C@@H]3O[C@H](CO)[C@@H](O)[C@H](O)[C@H]3O)[C@H]2O)[C@H](O)[C@H]1O[C@@H]1O[C@H](CO)[C@@H](O)[C@H](O)[C@H]1O. The van der Waals surface area contributed by atoms with E-state index >= 15 is 0 Å². The summed E-state index contributed by atoms with van der Waals surface area (Å²) >= 11 is 0. The average molecular weight is 707 g/mol. The molecule has 4 saturated heterocycles. The van der Waals surface area contributed by atoms with Gasteiger partial charge in [0.05, 0.1) is 32.0 Å². The smallest absolute Gasteiger partial charge is 0.187 e. The van der Waals surface area contributed by atoms with E-state index in [9.17, 15) is 66.4 Å². The predicted molar refractivity (Wildman–Crippen MR) is 151 cm³/mol. The van der Waals surface area contributed by atoms with Gasteiger partial charge in [-0.1, -0.05) is 13.8 Å². The Hall–Kier alpha value is -0.800. The zero-order valence-electron chi connectivity index (χ0n) is 26.3. The van der Waals surface area contributed by atoms with Crippen LogP contribution in [0.15, 0.2) is 0 Å². The van der Waals surface area contributed by atoms with Crippen LogP contribution < -0.4 is 0 Å². The third kappa shape index (κ3) is 8.13. The second-order valence-corrected chi connectivity index (χ2v) is 12.8. The number of aliphatic hydroxyl groups is 13. The Labute approximate surface area is 275 Å². The van der Waals surface area contributed by atoms with Crippen molar-refractivity contribution in [3.8, 4) is 0 Å². The zero-order chi connectivity index (χ0) is 35.6. The minimum atomic E-state index is -1.94. The molecule has 0 unspecified atom stereocenters. The van der Waals surface area contributed by atoms with Crippen molar-refractivity contribution < 1.29 is 99.5 Å². The average Bonchev–Trinajstić information content (AvgIpc) is 3.06. The molecule has 20 heteroatoms. The maximum atomic E-state index is 11.6. The molecule has 48 heavy (non-hydrogen) atoms. The van der Waals surface area contributed by atoms with Gasteiger partial charge in [0.1, 0.15) is 91.6 Å². The molecule has 20 nitrogen and oxygen atoms in total. The molecule has 0 aromatic heterocycles. The van der Waals surface area contributed by atoms with E-state index in [1.54, 1.807) is 13.8 Å². The molecule has 13 N–H and O–H groups in total. The molecule has 4 fully saturated rings. The molecule has 20 atom stereocenters. The highest BCUT2D eigenvalue weighted by Gasteiger charge is 2.55. The van der Waals surface area contributed by atoms with E-state index in [0.717, 1.165) is 0 Å². The molecule has 0 amide bonds. The first kappa shape index (κ1) is 40.0. The fourth-order valence-electron chi connectivity index (χ4n) is 6.33.